The molecule has 2 aromatic carbocycles. The lowest BCUT2D eigenvalue weighted by molar-refractivity contribution is -0.140. The van der Waals surface area contributed by atoms with E-state index in [0.717, 1.165) is 43.4 Å². The first kappa shape index (κ1) is 24.2. The van der Waals surface area contributed by atoms with Crippen molar-refractivity contribution in [3.05, 3.63) is 64.5 Å². The number of alkyl halides is 3. The Kier molecular flexibility index (Phi) is 7.93. The highest BCUT2D eigenvalue weighted by Crippen LogP contribution is 2.38. The molecular weight excluding hydrogens is 424 g/mol. The van der Waals surface area contributed by atoms with E-state index in [0.29, 0.717) is 18.3 Å². The Hall–Kier alpha value is -2.41. The summed E-state index contributed by atoms with van der Waals surface area (Å²) in [5, 5.41) is 0. The molecule has 0 spiro atoms. The van der Waals surface area contributed by atoms with Crippen LogP contribution in [0.15, 0.2) is 36.4 Å². The zero-order valence-corrected chi connectivity index (χ0v) is 18.3. The van der Waals surface area contributed by atoms with Crippen molar-refractivity contribution in [3.63, 3.8) is 0 Å². The van der Waals surface area contributed by atoms with E-state index in [2.05, 4.69) is 6.92 Å². The summed E-state index contributed by atoms with van der Waals surface area (Å²) >= 11 is 0. The Morgan fingerprint density at radius 1 is 1.09 bits per heavy atom. The number of Topliss-reactive ketones (excluding diaryl/α,β-unsaturated/α-hetero) is 1. The lowest BCUT2D eigenvalue weighted by Crippen LogP contribution is -2.24. The molecule has 32 heavy (non-hydrogen) atoms. The maximum Gasteiger partial charge on any atom is 0.420 e. The van der Waals surface area contributed by atoms with Gasteiger partial charge in [0.25, 0.3) is 0 Å². The van der Waals surface area contributed by atoms with Gasteiger partial charge >= 0.3 is 6.18 Å². The zero-order chi connectivity index (χ0) is 23.3. The molecule has 7 heteroatoms. The van der Waals surface area contributed by atoms with E-state index in [-0.39, 0.29) is 18.9 Å². The zero-order valence-electron chi connectivity index (χ0n) is 18.3. The van der Waals surface area contributed by atoms with Crippen LogP contribution in [0.3, 0.4) is 0 Å². The van der Waals surface area contributed by atoms with E-state index in [9.17, 15) is 22.4 Å². The predicted octanol–water partition coefficient (Wildman–Crippen LogP) is 6.73. The van der Waals surface area contributed by atoms with Gasteiger partial charge in [-0.2, -0.15) is 13.2 Å². The van der Waals surface area contributed by atoms with Gasteiger partial charge in [0.05, 0.1) is 19.3 Å². The van der Waals surface area contributed by atoms with E-state index in [1.54, 1.807) is 19.1 Å². The number of benzene rings is 2. The van der Waals surface area contributed by atoms with Crippen molar-refractivity contribution < 1.29 is 31.8 Å². The van der Waals surface area contributed by atoms with Gasteiger partial charge in [-0.05, 0) is 49.4 Å². The normalized spacial score (nSPS) is 19.1. The molecular formula is C25H28F4O3. The molecule has 3 rings (SSSR count). The molecule has 0 amide bonds. The van der Waals surface area contributed by atoms with Crippen LogP contribution in [0, 0.1) is 5.82 Å². The molecule has 2 unspecified atom stereocenters. The van der Waals surface area contributed by atoms with Crippen LogP contribution in [-0.2, 0) is 17.3 Å². The standard InChI is InChI=1S/C25H28F4O3/c1-3-5-19-11-10-18(15-32-19)17-8-6-16(7-9-17)14-21(30)20-12-13-22(31-4-2)24(26)23(20)25(27,28)29/h6-9,12-13,18-19H,3-5,10-11,14-15H2,1-2H3. The number of hydrogen-bond acceptors (Lipinski definition) is 3. The fourth-order valence-electron chi connectivity index (χ4n) is 4.14. The third kappa shape index (κ3) is 5.68. The number of rotatable bonds is 8. The van der Waals surface area contributed by atoms with Crippen LogP contribution in [-0.4, -0.2) is 25.1 Å². The summed E-state index contributed by atoms with van der Waals surface area (Å²) in [5.74, 6) is -2.60. The van der Waals surface area contributed by atoms with Gasteiger partial charge in [-0.1, -0.05) is 37.6 Å². The lowest BCUT2D eigenvalue weighted by atomic mass is 9.89. The number of hydrogen-bond donors (Lipinski definition) is 0. The second-order valence-corrected chi connectivity index (χ2v) is 8.09. The topological polar surface area (TPSA) is 35.5 Å². The average Bonchev–Trinajstić information content (AvgIpc) is 2.75. The molecule has 174 valence electrons. The third-order valence-corrected chi connectivity index (χ3v) is 5.79. The molecule has 0 aromatic heterocycles. The van der Waals surface area contributed by atoms with E-state index in [4.69, 9.17) is 9.47 Å². The Morgan fingerprint density at radius 2 is 1.81 bits per heavy atom. The molecule has 0 saturated carbocycles. The van der Waals surface area contributed by atoms with Gasteiger partial charge in [-0.3, -0.25) is 4.79 Å². The molecule has 1 heterocycles. The van der Waals surface area contributed by atoms with Crippen molar-refractivity contribution in [1.29, 1.82) is 0 Å². The summed E-state index contributed by atoms with van der Waals surface area (Å²) < 4.78 is 65.8. The summed E-state index contributed by atoms with van der Waals surface area (Å²) in [4.78, 5) is 12.7. The van der Waals surface area contributed by atoms with Gasteiger partial charge in [-0.25, -0.2) is 4.39 Å². The minimum Gasteiger partial charge on any atom is -0.491 e. The number of ether oxygens (including phenoxy) is 2. The van der Waals surface area contributed by atoms with E-state index in [1.165, 1.54) is 0 Å². The SMILES string of the molecule is CCCC1CCC(c2ccc(CC(=O)c3ccc(OCC)c(F)c3C(F)(F)F)cc2)CO1. The molecule has 0 bridgehead atoms. The van der Waals surface area contributed by atoms with Crippen LogP contribution in [0.5, 0.6) is 5.75 Å². The quantitative estimate of drug-likeness (QED) is 0.329. The summed E-state index contributed by atoms with van der Waals surface area (Å²) in [6.45, 7) is 4.33. The molecule has 3 nitrogen and oxygen atoms in total. The molecule has 2 aromatic rings. The fraction of sp³-hybridized carbons (Fsp3) is 0.480. The number of carbonyl (C=O) groups is 1. The van der Waals surface area contributed by atoms with Crippen LogP contribution in [0.4, 0.5) is 17.6 Å². The van der Waals surface area contributed by atoms with Gasteiger partial charge in [0.15, 0.2) is 17.3 Å². The van der Waals surface area contributed by atoms with Gasteiger partial charge in [-0.15, -0.1) is 0 Å². The first-order chi connectivity index (χ1) is 15.2. The molecule has 0 N–H and O–H groups in total. The van der Waals surface area contributed by atoms with Gasteiger partial charge in [0.2, 0.25) is 0 Å². The van der Waals surface area contributed by atoms with Crippen molar-refractivity contribution in [2.24, 2.45) is 0 Å². The van der Waals surface area contributed by atoms with Crippen LogP contribution in [0.2, 0.25) is 0 Å². The van der Waals surface area contributed by atoms with Gasteiger partial charge < -0.3 is 9.47 Å². The second-order valence-electron chi connectivity index (χ2n) is 8.09. The monoisotopic (exact) mass is 452 g/mol. The minimum atomic E-state index is -5.01. The van der Waals surface area contributed by atoms with Crippen molar-refractivity contribution >= 4 is 5.78 Å². The highest BCUT2D eigenvalue weighted by atomic mass is 19.4. The van der Waals surface area contributed by atoms with Crippen LogP contribution >= 0.6 is 0 Å². The Bertz CT molecular complexity index is 914. The first-order valence-electron chi connectivity index (χ1n) is 11.0. The second kappa shape index (κ2) is 10.5. The fourth-order valence-corrected chi connectivity index (χ4v) is 4.14. The number of ketones is 1. The van der Waals surface area contributed by atoms with Gasteiger partial charge in [0, 0.05) is 17.9 Å². The predicted molar refractivity (Wildman–Crippen MR) is 114 cm³/mol. The third-order valence-electron chi connectivity index (χ3n) is 5.79. The Labute approximate surface area is 185 Å². The van der Waals surface area contributed by atoms with Crippen molar-refractivity contribution in [2.45, 2.75) is 64.1 Å². The molecule has 0 radical (unpaired) electrons. The average molecular weight is 452 g/mol. The molecule has 1 fully saturated rings. The minimum absolute atomic E-state index is 0.0130. The summed E-state index contributed by atoms with van der Waals surface area (Å²) in [6.07, 6.45) is -0.790. The first-order valence-corrected chi connectivity index (χ1v) is 11.0. The Balaban J connectivity index is 1.73. The van der Waals surface area contributed by atoms with Crippen LogP contribution in [0.1, 0.15) is 72.5 Å². The Morgan fingerprint density at radius 3 is 2.38 bits per heavy atom. The van der Waals surface area contributed by atoms with E-state index < -0.39 is 34.7 Å². The van der Waals surface area contributed by atoms with Crippen molar-refractivity contribution in [1.82, 2.24) is 0 Å². The van der Waals surface area contributed by atoms with Crippen molar-refractivity contribution in [2.75, 3.05) is 13.2 Å². The number of halogens is 4. The lowest BCUT2D eigenvalue weighted by Gasteiger charge is -2.29. The molecule has 1 aliphatic rings. The maximum absolute atomic E-state index is 14.4. The smallest absolute Gasteiger partial charge is 0.420 e. The van der Waals surface area contributed by atoms with E-state index >= 15 is 0 Å². The van der Waals surface area contributed by atoms with Gasteiger partial charge in [0.1, 0.15) is 5.56 Å². The van der Waals surface area contributed by atoms with Crippen LogP contribution < -0.4 is 4.74 Å². The summed E-state index contributed by atoms with van der Waals surface area (Å²) in [7, 11) is 0. The van der Waals surface area contributed by atoms with E-state index in [1.807, 2.05) is 12.1 Å². The molecule has 2 atom stereocenters. The molecule has 0 aliphatic carbocycles. The molecule has 1 aliphatic heterocycles. The maximum atomic E-state index is 14.4. The van der Waals surface area contributed by atoms with Crippen LogP contribution in [0.25, 0.3) is 0 Å². The van der Waals surface area contributed by atoms with Crippen molar-refractivity contribution in [3.8, 4) is 5.75 Å². The number of carbonyl (C=O) groups excluding carboxylic acids is 1. The highest BCUT2D eigenvalue weighted by Gasteiger charge is 2.40. The summed E-state index contributed by atoms with van der Waals surface area (Å²) in [5.41, 5.74) is -0.614. The highest BCUT2D eigenvalue weighted by molar-refractivity contribution is 5.99. The summed E-state index contributed by atoms with van der Waals surface area (Å²) in [6, 6.07) is 9.31. The molecule has 1 saturated heterocycles. The largest absolute Gasteiger partial charge is 0.491 e.